The third-order valence-electron chi connectivity index (χ3n) is 4.98. The van der Waals surface area contributed by atoms with Gasteiger partial charge in [0.2, 0.25) is 15.9 Å². The van der Waals surface area contributed by atoms with Gasteiger partial charge in [0.15, 0.2) is 0 Å². The van der Waals surface area contributed by atoms with Crippen LogP contribution >= 0.6 is 0 Å². The van der Waals surface area contributed by atoms with Crippen molar-refractivity contribution in [1.82, 2.24) is 19.2 Å². The van der Waals surface area contributed by atoms with E-state index in [2.05, 4.69) is 21.8 Å². The van der Waals surface area contributed by atoms with Crippen LogP contribution in [0.5, 0.6) is 0 Å². The number of nitrogens with zero attached hydrogens (tertiary/aromatic N) is 3. The number of nitrogens with one attached hydrogen (secondary N) is 1. The van der Waals surface area contributed by atoms with Gasteiger partial charge in [-0.25, -0.2) is 17.7 Å². The van der Waals surface area contributed by atoms with Crippen molar-refractivity contribution in [2.24, 2.45) is 0 Å². The minimum Gasteiger partial charge on any atom is -0.379 e. The lowest BCUT2D eigenvalue weighted by Gasteiger charge is -2.11. The number of carbonyl (C=O) groups is 1. The zero-order chi connectivity index (χ0) is 23.0. The average molecular weight is 453 g/mol. The van der Waals surface area contributed by atoms with Crippen LogP contribution in [0.1, 0.15) is 52.3 Å². The van der Waals surface area contributed by atoms with E-state index in [0.717, 1.165) is 37.1 Å². The maximum Gasteiger partial charge on any atom is 0.242 e. The molecule has 0 unspecified atom stereocenters. The number of benzene rings is 1. The molecule has 8 nitrogen and oxygen atoms in total. The molecule has 0 aliphatic heterocycles. The van der Waals surface area contributed by atoms with Crippen LogP contribution in [0.2, 0.25) is 0 Å². The van der Waals surface area contributed by atoms with Gasteiger partial charge in [0.25, 0.3) is 0 Å². The molecule has 31 heavy (non-hydrogen) atoms. The first-order chi connectivity index (χ1) is 14.7. The molecule has 0 bridgehead atoms. The van der Waals surface area contributed by atoms with E-state index in [9.17, 15) is 13.2 Å². The lowest BCUT2D eigenvalue weighted by Crippen LogP contribution is -2.26. The van der Waals surface area contributed by atoms with Crippen molar-refractivity contribution < 1.29 is 17.9 Å². The number of fused-ring (bicyclic) bond motifs is 1. The molecular formula is C22H36N4O4S. The Labute approximate surface area is 186 Å². The predicted molar refractivity (Wildman–Crippen MR) is 123 cm³/mol. The van der Waals surface area contributed by atoms with Crippen molar-refractivity contribution in [2.45, 2.75) is 70.4 Å². The summed E-state index contributed by atoms with van der Waals surface area (Å²) in [6.07, 6.45) is 3.83. The Hall–Kier alpha value is -1.97. The third-order valence-corrected chi connectivity index (χ3v) is 6.79. The Bertz CT molecular complexity index is 967. The van der Waals surface area contributed by atoms with Crippen molar-refractivity contribution in [3.05, 3.63) is 24.0 Å². The number of ether oxygens (including phenoxy) is 1. The minimum absolute atomic E-state index is 0.0190. The van der Waals surface area contributed by atoms with Crippen LogP contribution in [-0.4, -0.2) is 61.5 Å². The highest BCUT2D eigenvalue weighted by atomic mass is 32.2. The van der Waals surface area contributed by atoms with Crippen LogP contribution in [0.4, 0.5) is 0 Å². The number of aromatic nitrogens is 2. The molecule has 0 fully saturated rings. The minimum atomic E-state index is -3.53. The Kier molecular flexibility index (Phi) is 9.46. The fourth-order valence-corrected chi connectivity index (χ4v) is 4.14. The lowest BCUT2D eigenvalue weighted by molar-refractivity contribution is -0.121. The van der Waals surface area contributed by atoms with Gasteiger partial charge in [0.05, 0.1) is 22.0 Å². The number of sulfonamides is 1. The average Bonchev–Trinajstić information content (AvgIpc) is 3.06. The molecule has 0 spiro atoms. The zero-order valence-electron chi connectivity index (χ0n) is 19.3. The molecular weight excluding hydrogens is 416 g/mol. The highest BCUT2D eigenvalue weighted by Crippen LogP contribution is 2.23. The van der Waals surface area contributed by atoms with Crippen molar-refractivity contribution >= 4 is 27.0 Å². The smallest absolute Gasteiger partial charge is 0.242 e. The maximum atomic E-state index is 12.5. The molecule has 1 amide bonds. The molecule has 1 heterocycles. The summed E-state index contributed by atoms with van der Waals surface area (Å²) in [5.74, 6) is 0.788. The van der Waals surface area contributed by atoms with E-state index < -0.39 is 10.0 Å². The van der Waals surface area contributed by atoms with Crippen LogP contribution in [0.25, 0.3) is 11.0 Å². The number of unbranched alkanes of at least 4 members (excludes halogenated alkanes) is 1. The van der Waals surface area contributed by atoms with Gasteiger partial charge in [-0.15, -0.1) is 0 Å². The van der Waals surface area contributed by atoms with Crippen molar-refractivity contribution in [1.29, 1.82) is 0 Å². The molecule has 1 aromatic carbocycles. The SMILES string of the molecule is CCCCn1c(CCC(=O)NCCCOC(C)C)nc2cc(S(=O)(=O)N(C)C)ccc21. The van der Waals surface area contributed by atoms with Crippen LogP contribution in [-0.2, 0) is 32.5 Å². The molecule has 1 aromatic heterocycles. The summed E-state index contributed by atoms with van der Waals surface area (Å²) in [4.78, 5) is 17.1. The zero-order valence-corrected chi connectivity index (χ0v) is 20.2. The highest BCUT2D eigenvalue weighted by molar-refractivity contribution is 7.89. The van der Waals surface area contributed by atoms with Crippen molar-refractivity contribution in [3.8, 4) is 0 Å². The van der Waals surface area contributed by atoms with Crippen molar-refractivity contribution in [2.75, 3.05) is 27.2 Å². The number of amides is 1. The monoisotopic (exact) mass is 452 g/mol. The van der Waals surface area contributed by atoms with E-state index in [-0.39, 0.29) is 16.9 Å². The first kappa shape index (κ1) is 25.3. The fraction of sp³-hybridized carbons (Fsp3) is 0.636. The molecule has 1 N–H and O–H groups in total. The second-order valence-corrected chi connectivity index (χ2v) is 10.2. The van der Waals surface area contributed by atoms with Gasteiger partial charge in [-0.1, -0.05) is 13.3 Å². The summed E-state index contributed by atoms with van der Waals surface area (Å²) in [7, 11) is -0.501. The molecule has 0 radical (unpaired) electrons. The van der Waals surface area contributed by atoms with E-state index in [0.29, 0.717) is 31.5 Å². The quantitative estimate of drug-likeness (QED) is 0.472. The van der Waals surface area contributed by atoms with Crippen LogP contribution in [0, 0.1) is 0 Å². The van der Waals surface area contributed by atoms with Crippen LogP contribution in [0.15, 0.2) is 23.1 Å². The largest absolute Gasteiger partial charge is 0.379 e. The van der Waals surface area contributed by atoms with Crippen LogP contribution < -0.4 is 5.32 Å². The first-order valence-electron chi connectivity index (χ1n) is 11.0. The van der Waals surface area contributed by atoms with E-state index in [4.69, 9.17) is 4.74 Å². The number of aryl methyl sites for hydroxylation is 2. The first-order valence-corrected chi connectivity index (χ1v) is 12.4. The van der Waals surface area contributed by atoms with Crippen LogP contribution in [0.3, 0.4) is 0 Å². The summed E-state index contributed by atoms with van der Waals surface area (Å²) in [5.41, 5.74) is 1.53. The van der Waals surface area contributed by atoms with Gasteiger partial charge in [0.1, 0.15) is 5.82 Å². The van der Waals surface area contributed by atoms with Gasteiger partial charge in [-0.3, -0.25) is 4.79 Å². The lowest BCUT2D eigenvalue weighted by atomic mass is 10.2. The molecule has 174 valence electrons. The predicted octanol–water partition coefficient (Wildman–Crippen LogP) is 2.95. The van der Waals surface area contributed by atoms with Gasteiger partial charge in [-0.2, -0.15) is 0 Å². The van der Waals surface area contributed by atoms with Gasteiger partial charge < -0.3 is 14.6 Å². The standard InChI is InChI=1S/C22H36N4O4S/c1-6-7-14-26-20-10-9-18(31(28,29)25(4)5)16-19(20)24-21(26)11-12-22(27)23-13-8-15-30-17(2)3/h9-10,16-17H,6-8,11-15H2,1-5H3,(H,23,27). The number of hydrogen-bond donors (Lipinski definition) is 1. The molecule has 2 aromatic rings. The molecule has 2 rings (SSSR count). The highest BCUT2D eigenvalue weighted by Gasteiger charge is 2.20. The summed E-state index contributed by atoms with van der Waals surface area (Å²) in [6, 6.07) is 5.05. The third kappa shape index (κ3) is 7.02. The normalized spacial score (nSPS) is 12.2. The molecule has 9 heteroatoms. The van der Waals surface area contributed by atoms with E-state index >= 15 is 0 Å². The second-order valence-electron chi connectivity index (χ2n) is 8.09. The Balaban J connectivity index is 2.11. The Morgan fingerprint density at radius 3 is 2.65 bits per heavy atom. The topological polar surface area (TPSA) is 93.5 Å². The number of hydrogen-bond acceptors (Lipinski definition) is 5. The summed E-state index contributed by atoms with van der Waals surface area (Å²) >= 11 is 0. The van der Waals surface area contributed by atoms with Gasteiger partial charge in [0, 0.05) is 46.6 Å². The van der Waals surface area contributed by atoms with E-state index in [1.54, 1.807) is 12.1 Å². The molecule has 0 aliphatic carbocycles. The molecule has 0 saturated heterocycles. The van der Waals surface area contributed by atoms with Gasteiger partial charge in [-0.05, 0) is 44.9 Å². The van der Waals surface area contributed by atoms with Crippen molar-refractivity contribution in [3.63, 3.8) is 0 Å². The molecule has 0 aliphatic rings. The number of rotatable bonds is 13. The Morgan fingerprint density at radius 2 is 2.00 bits per heavy atom. The fourth-order valence-electron chi connectivity index (χ4n) is 3.22. The molecule has 0 atom stereocenters. The number of imidazole rings is 1. The summed E-state index contributed by atoms with van der Waals surface area (Å²) < 4.78 is 33.7. The molecule has 0 saturated carbocycles. The Morgan fingerprint density at radius 1 is 1.26 bits per heavy atom. The van der Waals surface area contributed by atoms with E-state index in [1.165, 1.54) is 18.4 Å². The van der Waals surface area contributed by atoms with Gasteiger partial charge >= 0.3 is 0 Å². The number of carbonyl (C=O) groups excluding carboxylic acids is 1. The summed E-state index contributed by atoms with van der Waals surface area (Å²) in [6.45, 7) is 8.10. The summed E-state index contributed by atoms with van der Waals surface area (Å²) in [5, 5.41) is 2.92. The van der Waals surface area contributed by atoms with E-state index in [1.807, 2.05) is 19.9 Å². The second kappa shape index (κ2) is 11.6. The maximum absolute atomic E-state index is 12.5.